The maximum Gasteiger partial charge on any atom is 0.209 e. The Balaban J connectivity index is 1.68. The van der Waals surface area contributed by atoms with Crippen LogP contribution < -0.4 is 14.2 Å². The summed E-state index contributed by atoms with van der Waals surface area (Å²) in [6.07, 6.45) is 3.78. The molecule has 2 aromatic carbocycles. The first-order chi connectivity index (χ1) is 13.2. The molecule has 0 saturated carbocycles. The van der Waals surface area contributed by atoms with E-state index >= 15 is 0 Å². The third-order valence-electron chi connectivity index (χ3n) is 4.63. The van der Waals surface area contributed by atoms with E-state index in [1.807, 2.05) is 24.3 Å². The molecule has 138 valence electrons. The molecule has 0 amide bonds. The highest BCUT2D eigenvalue weighted by molar-refractivity contribution is 7.15. The summed E-state index contributed by atoms with van der Waals surface area (Å²) in [5.74, 6) is 2.36. The zero-order valence-corrected chi connectivity index (χ0v) is 16.3. The van der Waals surface area contributed by atoms with E-state index in [1.54, 1.807) is 38.9 Å². The molecule has 0 bridgehead atoms. The van der Waals surface area contributed by atoms with Crippen LogP contribution in [-0.2, 0) is 12.8 Å². The number of aliphatic imine (C=N–C) groups is 1. The standard InChI is InChI=1S/C21H20N2O3S/c1-24-15-7-8-18(26-3)14(10-15)12-22-21-23-20-17-11-16(25-2)6-4-13(17)5-9-19(20)27-21/h4,6-8,10-12H,5,9H2,1-3H3. The fraction of sp³-hybridized carbons (Fsp3) is 0.238. The second kappa shape index (κ2) is 7.40. The van der Waals surface area contributed by atoms with Crippen LogP contribution in [0.2, 0.25) is 0 Å². The summed E-state index contributed by atoms with van der Waals surface area (Å²) in [7, 11) is 4.97. The van der Waals surface area contributed by atoms with E-state index in [2.05, 4.69) is 17.1 Å². The number of nitrogens with zero attached hydrogens (tertiary/aromatic N) is 2. The first kappa shape index (κ1) is 17.5. The third-order valence-corrected chi connectivity index (χ3v) is 5.65. The van der Waals surface area contributed by atoms with Crippen molar-refractivity contribution < 1.29 is 14.2 Å². The molecule has 0 fully saturated rings. The van der Waals surface area contributed by atoms with E-state index in [0.717, 1.165) is 52.0 Å². The van der Waals surface area contributed by atoms with Crippen molar-refractivity contribution in [3.63, 3.8) is 0 Å². The monoisotopic (exact) mass is 380 g/mol. The van der Waals surface area contributed by atoms with Crippen LogP contribution in [0, 0.1) is 0 Å². The molecule has 6 heteroatoms. The Kier molecular flexibility index (Phi) is 4.81. The van der Waals surface area contributed by atoms with Crippen molar-refractivity contribution in [1.29, 1.82) is 0 Å². The molecule has 0 N–H and O–H groups in total. The van der Waals surface area contributed by atoms with Gasteiger partial charge in [0.2, 0.25) is 5.13 Å². The molecule has 0 atom stereocenters. The molecule has 5 nitrogen and oxygen atoms in total. The van der Waals surface area contributed by atoms with Gasteiger partial charge in [-0.05, 0) is 48.7 Å². The average molecular weight is 380 g/mol. The number of aryl methyl sites for hydroxylation is 2. The molecule has 1 aliphatic carbocycles. The smallest absolute Gasteiger partial charge is 0.209 e. The Bertz CT molecular complexity index is 1010. The van der Waals surface area contributed by atoms with Crippen LogP contribution in [0.5, 0.6) is 17.2 Å². The van der Waals surface area contributed by atoms with Crippen LogP contribution in [0.15, 0.2) is 41.4 Å². The van der Waals surface area contributed by atoms with Gasteiger partial charge in [0, 0.05) is 22.2 Å². The van der Waals surface area contributed by atoms with Gasteiger partial charge >= 0.3 is 0 Å². The lowest BCUT2D eigenvalue weighted by atomic mass is 9.93. The van der Waals surface area contributed by atoms with Crippen molar-refractivity contribution >= 4 is 22.7 Å². The molecule has 0 unspecified atom stereocenters. The molecule has 0 radical (unpaired) electrons. The molecule has 0 spiro atoms. The number of thiazole rings is 1. The number of benzene rings is 2. The first-order valence-electron chi connectivity index (χ1n) is 8.65. The number of hydrogen-bond donors (Lipinski definition) is 0. The SMILES string of the molecule is COc1ccc(OC)c(C=Nc2nc3c(s2)CCc2ccc(OC)cc2-3)c1. The minimum atomic E-state index is 0.737. The summed E-state index contributed by atoms with van der Waals surface area (Å²) in [6.45, 7) is 0. The summed E-state index contributed by atoms with van der Waals surface area (Å²) in [5.41, 5.74) is 4.32. The predicted octanol–water partition coefficient (Wildman–Crippen LogP) is 4.69. The lowest BCUT2D eigenvalue weighted by molar-refractivity contribution is 0.402. The summed E-state index contributed by atoms with van der Waals surface area (Å²) >= 11 is 1.63. The van der Waals surface area contributed by atoms with Crippen LogP contribution >= 0.6 is 11.3 Å². The van der Waals surface area contributed by atoms with Gasteiger partial charge in [-0.25, -0.2) is 9.98 Å². The Hall–Kier alpha value is -2.86. The molecule has 27 heavy (non-hydrogen) atoms. The molecule has 3 aromatic rings. The van der Waals surface area contributed by atoms with Crippen LogP contribution in [0.4, 0.5) is 5.13 Å². The first-order valence-corrected chi connectivity index (χ1v) is 9.46. The molecular formula is C21H20N2O3S. The molecule has 1 aromatic heterocycles. The predicted molar refractivity (Wildman–Crippen MR) is 108 cm³/mol. The summed E-state index contributed by atoms with van der Waals surface area (Å²) in [6, 6.07) is 11.8. The second-order valence-corrected chi connectivity index (χ2v) is 7.22. The van der Waals surface area contributed by atoms with E-state index in [-0.39, 0.29) is 0 Å². The van der Waals surface area contributed by atoms with E-state index in [4.69, 9.17) is 19.2 Å². The van der Waals surface area contributed by atoms with E-state index in [9.17, 15) is 0 Å². The fourth-order valence-electron chi connectivity index (χ4n) is 3.21. The van der Waals surface area contributed by atoms with Crippen molar-refractivity contribution in [2.75, 3.05) is 21.3 Å². The van der Waals surface area contributed by atoms with Crippen molar-refractivity contribution in [2.24, 2.45) is 4.99 Å². The average Bonchev–Trinajstić information content (AvgIpc) is 3.15. The van der Waals surface area contributed by atoms with Crippen molar-refractivity contribution in [3.05, 3.63) is 52.4 Å². The fourth-order valence-corrected chi connectivity index (χ4v) is 4.13. The topological polar surface area (TPSA) is 52.9 Å². The van der Waals surface area contributed by atoms with Gasteiger partial charge in [-0.3, -0.25) is 0 Å². The largest absolute Gasteiger partial charge is 0.497 e. The molecule has 0 saturated heterocycles. The third kappa shape index (κ3) is 3.40. The second-order valence-electron chi connectivity index (χ2n) is 6.16. The number of ether oxygens (including phenoxy) is 3. The molecular weight excluding hydrogens is 360 g/mol. The summed E-state index contributed by atoms with van der Waals surface area (Å²) < 4.78 is 16.1. The van der Waals surface area contributed by atoms with Gasteiger partial charge in [-0.15, -0.1) is 0 Å². The number of methoxy groups -OCH3 is 3. The minimum Gasteiger partial charge on any atom is -0.497 e. The highest BCUT2D eigenvalue weighted by Crippen LogP contribution is 2.40. The minimum absolute atomic E-state index is 0.737. The normalized spacial score (nSPS) is 12.6. The molecule has 4 rings (SSSR count). The van der Waals surface area contributed by atoms with Crippen molar-refractivity contribution in [1.82, 2.24) is 4.98 Å². The maximum absolute atomic E-state index is 5.41. The van der Waals surface area contributed by atoms with E-state index in [1.165, 1.54) is 10.4 Å². The van der Waals surface area contributed by atoms with Crippen molar-refractivity contribution in [2.45, 2.75) is 12.8 Å². The van der Waals surface area contributed by atoms with Gasteiger partial charge in [0.25, 0.3) is 0 Å². The molecule has 1 aliphatic rings. The van der Waals surface area contributed by atoms with Gasteiger partial charge in [0.1, 0.15) is 17.2 Å². The van der Waals surface area contributed by atoms with Crippen LogP contribution in [0.1, 0.15) is 16.0 Å². The highest BCUT2D eigenvalue weighted by Gasteiger charge is 2.21. The number of fused-ring (bicyclic) bond motifs is 3. The lowest BCUT2D eigenvalue weighted by Gasteiger charge is -2.15. The van der Waals surface area contributed by atoms with Crippen LogP contribution in [0.25, 0.3) is 11.3 Å². The van der Waals surface area contributed by atoms with Crippen LogP contribution in [-0.4, -0.2) is 32.5 Å². The van der Waals surface area contributed by atoms with E-state index in [0.29, 0.717) is 0 Å². The highest BCUT2D eigenvalue weighted by atomic mass is 32.1. The van der Waals surface area contributed by atoms with Crippen molar-refractivity contribution in [3.8, 4) is 28.5 Å². The van der Waals surface area contributed by atoms with Gasteiger partial charge in [-0.2, -0.15) is 0 Å². The zero-order chi connectivity index (χ0) is 18.8. The van der Waals surface area contributed by atoms with Crippen LogP contribution in [0.3, 0.4) is 0 Å². The van der Waals surface area contributed by atoms with Gasteiger partial charge in [-0.1, -0.05) is 17.4 Å². The summed E-state index contributed by atoms with van der Waals surface area (Å²) in [4.78, 5) is 10.6. The number of hydrogen-bond acceptors (Lipinski definition) is 6. The Morgan fingerprint density at radius 1 is 0.963 bits per heavy atom. The maximum atomic E-state index is 5.41. The van der Waals surface area contributed by atoms with Gasteiger partial charge in [0.05, 0.1) is 27.0 Å². The number of rotatable bonds is 5. The molecule has 1 heterocycles. The number of aromatic nitrogens is 1. The quantitative estimate of drug-likeness (QED) is 0.603. The Morgan fingerprint density at radius 3 is 2.52 bits per heavy atom. The zero-order valence-electron chi connectivity index (χ0n) is 15.5. The lowest BCUT2D eigenvalue weighted by Crippen LogP contribution is -2.02. The van der Waals surface area contributed by atoms with Gasteiger partial charge < -0.3 is 14.2 Å². The Morgan fingerprint density at radius 2 is 1.74 bits per heavy atom. The van der Waals surface area contributed by atoms with Gasteiger partial charge in [0.15, 0.2) is 0 Å². The Labute approximate surface area is 162 Å². The molecule has 0 aliphatic heterocycles. The van der Waals surface area contributed by atoms with E-state index < -0.39 is 0 Å². The summed E-state index contributed by atoms with van der Waals surface area (Å²) in [5, 5.41) is 0.737.